The fourth-order valence-electron chi connectivity index (χ4n) is 3.29. The van der Waals surface area contributed by atoms with Crippen LogP contribution in [-0.2, 0) is 6.54 Å². The Hall–Kier alpha value is -1.95. The number of thiophene rings is 1. The van der Waals surface area contributed by atoms with Crippen LogP contribution in [0.4, 0.5) is 0 Å². The molecule has 0 bridgehead atoms. The van der Waals surface area contributed by atoms with Gasteiger partial charge in [-0.1, -0.05) is 35.9 Å². The van der Waals surface area contributed by atoms with Gasteiger partial charge in [-0.05, 0) is 12.1 Å². The minimum absolute atomic E-state index is 0.0617. The first-order chi connectivity index (χ1) is 12.2. The Morgan fingerprint density at radius 1 is 1.20 bits per heavy atom. The van der Waals surface area contributed by atoms with Crippen molar-refractivity contribution in [3.63, 3.8) is 0 Å². The highest BCUT2D eigenvalue weighted by Crippen LogP contribution is 2.35. The number of nitrogens with zero attached hydrogens (tertiary/aromatic N) is 2. The molecule has 1 saturated heterocycles. The number of nitrogens with one attached hydrogen (secondary N) is 1. The zero-order chi connectivity index (χ0) is 17.2. The molecule has 0 spiro atoms. The van der Waals surface area contributed by atoms with Gasteiger partial charge < -0.3 is 9.80 Å². The monoisotopic (exact) mass is 372 g/mol. The Morgan fingerprint density at radius 2 is 2.00 bits per heavy atom. The lowest BCUT2D eigenvalue weighted by atomic mass is 10.2. The topological polar surface area (TPSA) is 37.6 Å². The van der Waals surface area contributed by atoms with Crippen molar-refractivity contribution in [2.45, 2.75) is 6.54 Å². The van der Waals surface area contributed by atoms with E-state index in [9.17, 15) is 4.79 Å². The third-order valence-electron chi connectivity index (χ3n) is 4.66. The van der Waals surface area contributed by atoms with Gasteiger partial charge in [0.15, 0.2) is 0 Å². The number of aromatic nitrogens is 1. The average molecular weight is 373 g/mol. The number of hydrogen-bond acceptors (Lipinski definition) is 3. The quantitative estimate of drug-likeness (QED) is 0.767. The number of rotatable bonds is 3. The first-order valence-corrected chi connectivity index (χ1v) is 9.60. The van der Waals surface area contributed by atoms with Crippen LogP contribution >= 0.6 is 22.9 Å². The minimum Gasteiger partial charge on any atom is -0.328 e. The van der Waals surface area contributed by atoms with Crippen molar-refractivity contribution < 1.29 is 9.69 Å². The van der Waals surface area contributed by atoms with Crippen molar-refractivity contribution in [3.05, 3.63) is 64.3 Å². The molecule has 4 nitrogen and oxygen atoms in total. The summed E-state index contributed by atoms with van der Waals surface area (Å²) in [5, 5.41) is 1.56. The number of benzene rings is 1. The number of fused-ring (bicyclic) bond motifs is 1. The van der Waals surface area contributed by atoms with Crippen LogP contribution in [0.2, 0.25) is 5.02 Å². The Kier molecular flexibility index (Phi) is 4.70. The van der Waals surface area contributed by atoms with E-state index in [0.29, 0.717) is 9.90 Å². The van der Waals surface area contributed by atoms with E-state index in [0.717, 1.165) is 42.8 Å². The maximum atomic E-state index is 12.9. The minimum atomic E-state index is 0.0617. The average Bonchev–Trinajstić information content (AvgIpc) is 3.00. The third-order valence-corrected chi connectivity index (χ3v) is 6.33. The summed E-state index contributed by atoms with van der Waals surface area (Å²) in [5.74, 6) is 0.0617. The van der Waals surface area contributed by atoms with E-state index in [2.05, 4.69) is 11.1 Å². The van der Waals surface area contributed by atoms with Gasteiger partial charge in [-0.3, -0.25) is 9.78 Å². The summed E-state index contributed by atoms with van der Waals surface area (Å²) >= 11 is 7.95. The number of quaternary nitrogens is 1. The normalized spacial score (nSPS) is 15.6. The molecule has 3 heterocycles. The largest absolute Gasteiger partial charge is 0.328 e. The van der Waals surface area contributed by atoms with Crippen molar-refractivity contribution in [1.29, 1.82) is 0 Å². The molecule has 0 saturated carbocycles. The van der Waals surface area contributed by atoms with Crippen molar-refractivity contribution >= 4 is 38.9 Å². The molecule has 1 fully saturated rings. The number of piperazine rings is 1. The van der Waals surface area contributed by atoms with Gasteiger partial charge in [-0.15, -0.1) is 11.3 Å². The smallest absolute Gasteiger partial charge is 0.265 e. The summed E-state index contributed by atoms with van der Waals surface area (Å²) < 4.78 is 1.07. The molecule has 1 aromatic carbocycles. The van der Waals surface area contributed by atoms with Gasteiger partial charge in [-0.25, -0.2) is 0 Å². The number of pyridine rings is 1. The van der Waals surface area contributed by atoms with Crippen LogP contribution in [0.5, 0.6) is 0 Å². The van der Waals surface area contributed by atoms with E-state index in [1.807, 2.05) is 41.4 Å². The number of hydrogen-bond donors (Lipinski definition) is 1. The van der Waals surface area contributed by atoms with Crippen LogP contribution in [-0.4, -0.2) is 42.0 Å². The Morgan fingerprint density at radius 3 is 2.72 bits per heavy atom. The maximum absolute atomic E-state index is 12.9. The van der Waals surface area contributed by atoms with Crippen LogP contribution in [0.1, 0.15) is 15.2 Å². The standard InChI is InChI=1S/C19H18ClN3OS/c20-17-15-5-1-2-6-16(15)25-18(17)19(24)23-10-8-22(9-11-23)13-14-4-3-7-21-12-14/h1-7,12H,8-11,13H2/p+1. The second-order valence-corrected chi connectivity index (χ2v) is 7.75. The molecule has 6 heteroatoms. The van der Waals surface area contributed by atoms with Crippen LogP contribution in [0.3, 0.4) is 0 Å². The molecule has 1 aliphatic rings. The lowest BCUT2D eigenvalue weighted by Crippen LogP contribution is -3.13. The zero-order valence-electron chi connectivity index (χ0n) is 13.7. The summed E-state index contributed by atoms with van der Waals surface area (Å²) in [4.78, 5) is 21.1. The van der Waals surface area contributed by atoms with E-state index in [4.69, 9.17) is 11.6 Å². The highest BCUT2D eigenvalue weighted by Gasteiger charge is 2.27. The van der Waals surface area contributed by atoms with Gasteiger partial charge >= 0.3 is 0 Å². The third kappa shape index (κ3) is 3.40. The molecular weight excluding hydrogens is 354 g/mol. The molecule has 3 aromatic rings. The molecular formula is C19H19ClN3OS+. The van der Waals surface area contributed by atoms with E-state index in [1.165, 1.54) is 21.8 Å². The second-order valence-electron chi connectivity index (χ2n) is 6.32. The predicted octanol–water partition coefficient (Wildman–Crippen LogP) is 2.49. The Balaban J connectivity index is 1.43. The fraction of sp³-hybridized carbons (Fsp3) is 0.263. The summed E-state index contributed by atoms with van der Waals surface area (Å²) in [6.45, 7) is 4.38. The van der Waals surface area contributed by atoms with E-state index < -0.39 is 0 Å². The van der Waals surface area contributed by atoms with Crippen molar-refractivity contribution in [1.82, 2.24) is 9.88 Å². The first kappa shape index (κ1) is 16.5. The van der Waals surface area contributed by atoms with Gasteiger partial charge in [0.1, 0.15) is 11.4 Å². The van der Waals surface area contributed by atoms with Gasteiger partial charge in [0.25, 0.3) is 5.91 Å². The van der Waals surface area contributed by atoms with Crippen molar-refractivity contribution in [2.24, 2.45) is 0 Å². The van der Waals surface area contributed by atoms with Crippen molar-refractivity contribution in [3.8, 4) is 0 Å². The van der Waals surface area contributed by atoms with E-state index >= 15 is 0 Å². The molecule has 1 N–H and O–H groups in total. The summed E-state index contributed by atoms with van der Waals surface area (Å²) in [7, 11) is 0. The number of carbonyl (C=O) groups excluding carboxylic acids is 1. The molecule has 1 amide bonds. The van der Waals surface area contributed by atoms with E-state index in [1.54, 1.807) is 6.20 Å². The molecule has 0 unspecified atom stereocenters. The summed E-state index contributed by atoms with van der Waals surface area (Å²) in [6, 6.07) is 12.0. The molecule has 128 valence electrons. The molecule has 0 atom stereocenters. The lowest BCUT2D eigenvalue weighted by molar-refractivity contribution is -0.917. The SMILES string of the molecule is O=C(c1sc2ccccc2c1Cl)N1CC[NH+](Cc2cccnc2)CC1. The Bertz CT molecular complexity index is 888. The molecule has 0 aliphatic carbocycles. The highest BCUT2D eigenvalue weighted by molar-refractivity contribution is 7.21. The van der Waals surface area contributed by atoms with Crippen LogP contribution in [0.25, 0.3) is 10.1 Å². The first-order valence-electron chi connectivity index (χ1n) is 8.41. The van der Waals surface area contributed by atoms with Gasteiger partial charge in [0.2, 0.25) is 0 Å². The molecule has 4 rings (SSSR count). The van der Waals surface area contributed by atoms with Crippen LogP contribution in [0.15, 0.2) is 48.8 Å². The van der Waals surface area contributed by atoms with Crippen LogP contribution < -0.4 is 4.90 Å². The van der Waals surface area contributed by atoms with Crippen LogP contribution in [0, 0.1) is 0 Å². The van der Waals surface area contributed by atoms with Crippen molar-refractivity contribution in [2.75, 3.05) is 26.2 Å². The molecule has 1 aliphatic heterocycles. The van der Waals surface area contributed by atoms with E-state index in [-0.39, 0.29) is 5.91 Å². The van der Waals surface area contributed by atoms with Gasteiger partial charge in [0, 0.05) is 28.0 Å². The molecule has 2 aromatic heterocycles. The maximum Gasteiger partial charge on any atom is 0.265 e. The summed E-state index contributed by atoms with van der Waals surface area (Å²) in [5.41, 5.74) is 1.24. The zero-order valence-corrected chi connectivity index (χ0v) is 15.3. The Labute approximate surface area is 155 Å². The predicted molar refractivity (Wildman–Crippen MR) is 101 cm³/mol. The van der Waals surface area contributed by atoms with Gasteiger partial charge in [-0.2, -0.15) is 0 Å². The summed E-state index contributed by atoms with van der Waals surface area (Å²) in [6.07, 6.45) is 3.71. The number of carbonyl (C=O) groups is 1. The van der Waals surface area contributed by atoms with Gasteiger partial charge in [0.05, 0.1) is 31.2 Å². The second kappa shape index (κ2) is 7.12. The number of halogens is 1. The molecule has 25 heavy (non-hydrogen) atoms. The number of amides is 1. The molecule has 0 radical (unpaired) electrons. The fourth-order valence-corrected chi connectivity index (χ4v) is 4.77. The highest BCUT2D eigenvalue weighted by atomic mass is 35.5. The lowest BCUT2D eigenvalue weighted by Gasteiger charge is -2.32.